The highest BCUT2D eigenvalue weighted by atomic mass is 28.4. The number of rotatable bonds is 3. The van der Waals surface area contributed by atoms with E-state index in [0.717, 1.165) is 0 Å². The Morgan fingerprint density at radius 1 is 1.29 bits per heavy atom. The third kappa shape index (κ3) is 3.60. The molecule has 0 radical (unpaired) electrons. The van der Waals surface area contributed by atoms with Crippen molar-refractivity contribution in [3.8, 4) is 0 Å². The van der Waals surface area contributed by atoms with Crippen molar-refractivity contribution in [2.45, 2.75) is 83.0 Å². The van der Waals surface area contributed by atoms with Gasteiger partial charge in [0.05, 0.1) is 12.7 Å². The van der Waals surface area contributed by atoms with Gasteiger partial charge in [-0.2, -0.15) is 0 Å². The molecule has 2 rings (SSSR count). The lowest BCUT2D eigenvalue weighted by molar-refractivity contribution is -0.157. The molecule has 0 aromatic heterocycles. The number of methoxy groups -OCH3 is 1. The summed E-state index contributed by atoms with van der Waals surface area (Å²) in [5.41, 5.74) is 0.170. The number of hydrogen-bond donors (Lipinski definition) is 1. The fourth-order valence-electron chi connectivity index (χ4n) is 2.79. The Kier molecular flexibility index (Phi) is 5.07. The molecule has 1 N–H and O–H groups in total. The second kappa shape index (κ2) is 6.21. The van der Waals surface area contributed by atoms with E-state index in [1.165, 1.54) is 7.11 Å². The number of fused-ring (bicyclic) bond motifs is 1. The molecule has 4 atom stereocenters. The Morgan fingerprint density at radius 2 is 1.88 bits per heavy atom. The first-order chi connectivity index (χ1) is 10.8. The van der Waals surface area contributed by atoms with E-state index in [-0.39, 0.29) is 10.6 Å². The van der Waals surface area contributed by atoms with Crippen LogP contribution in [0.25, 0.3) is 0 Å². The van der Waals surface area contributed by atoms with Crippen molar-refractivity contribution in [2.24, 2.45) is 0 Å². The summed E-state index contributed by atoms with van der Waals surface area (Å²) in [5.74, 6) is -1.37. The van der Waals surface area contributed by atoms with E-state index in [1.807, 2.05) is 13.8 Å². The van der Waals surface area contributed by atoms with Crippen molar-refractivity contribution in [3.05, 3.63) is 11.6 Å². The zero-order valence-electron chi connectivity index (χ0n) is 15.9. The highest BCUT2D eigenvalue weighted by Crippen LogP contribution is 2.43. The van der Waals surface area contributed by atoms with Gasteiger partial charge >= 0.3 is 5.97 Å². The van der Waals surface area contributed by atoms with Crippen molar-refractivity contribution in [2.75, 3.05) is 7.11 Å². The van der Waals surface area contributed by atoms with Gasteiger partial charge in [-0.1, -0.05) is 20.8 Å². The maximum Gasteiger partial charge on any atom is 0.336 e. The Hall–Kier alpha value is -0.733. The van der Waals surface area contributed by atoms with E-state index in [2.05, 4.69) is 33.9 Å². The first-order valence-corrected chi connectivity index (χ1v) is 11.2. The summed E-state index contributed by atoms with van der Waals surface area (Å²) >= 11 is 0. The normalized spacial score (nSPS) is 33.0. The van der Waals surface area contributed by atoms with Gasteiger partial charge in [-0.25, -0.2) is 4.79 Å². The second-order valence-corrected chi connectivity index (χ2v) is 13.2. The molecule has 0 aromatic carbocycles. The van der Waals surface area contributed by atoms with Crippen LogP contribution in [0.5, 0.6) is 0 Å². The summed E-state index contributed by atoms with van der Waals surface area (Å²) < 4.78 is 23.1. The molecule has 0 aromatic rings. The average Bonchev–Trinajstić information content (AvgIpc) is 2.74. The molecule has 1 heterocycles. The van der Waals surface area contributed by atoms with Crippen LogP contribution < -0.4 is 0 Å². The molecule has 0 spiro atoms. The molecule has 0 unspecified atom stereocenters. The molecule has 24 heavy (non-hydrogen) atoms. The summed E-state index contributed by atoms with van der Waals surface area (Å²) in [4.78, 5) is 12.0. The molecule has 6 nitrogen and oxygen atoms in total. The van der Waals surface area contributed by atoms with Crippen molar-refractivity contribution < 1.29 is 28.5 Å². The first-order valence-electron chi connectivity index (χ1n) is 8.30. The van der Waals surface area contributed by atoms with Gasteiger partial charge in [-0.05, 0) is 38.1 Å². The van der Waals surface area contributed by atoms with Crippen LogP contribution in [-0.2, 0) is 23.4 Å². The molecule has 7 heteroatoms. The van der Waals surface area contributed by atoms with Gasteiger partial charge in [0.1, 0.15) is 24.4 Å². The molecule has 1 saturated heterocycles. The number of carbonyl (C=O) groups is 1. The zero-order valence-corrected chi connectivity index (χ0v) is 16.9. The first kappa shape index (κ1) is 19.6. The van der Waals surface area contributed by atoms with Gasteiger partial charge in [0.25, 0.3) is 0 Å². The number of hydrogen-bond acceptors (Lipinski definition) is 6. The smallest absolute Gasteiger partial charge is 0.336 e. The monoisotopic (exact) mass is 358 g/mol. The maximum atomic E-state index is 12.0. The van der Waals surface area contributed by atoms with Crippen molar-refractivity contribution in [1.82, 2.24) is 0 Å². The van der Waals surface area contributed by atoms with Gasteiger partial charge in [-0.3, -0.25) is 0 Å². The van der Waals surface area contributed by atoms with E-state index in [1.54, 1.807) is 6.08 Å². The molecule has 0 bridgehead atoms. The molecule has 138 valence electrons. The van der Waals surface area contributed by atoms with Crippen LogP contribution >= 0.6 is 0 Å². The molecule has 0 saturated carbocycles. The van der Waals surface area contributed by atoms with Gasteiger partial charge in [0.2, 0.25) is 0 Å². The Bertz CT molecular complexity index is 534. The summed E-state index contributed by atoms with van der Waals surface area (Å²) in [6.07, 6.45) is -1.09. The fourth-order valence-corrected chi connectivity index (χ4v) is 4.08. The summed E-state index contributed by atoms with van der Waals surface area (Å²) in [6, 6.07) is 0. The highest BCUT2D eigenvalue weighted by Gasteiger charge is 2.54. The minimum absolute atomic E-state index is 0.0379. The average molecular weight is 359 g/mol. The summed E-state index contributed by atoms with van der Waals surface area (Å²) in [7, 11) is -0.897. The summed E-state index contributed by atoms with van der Waals surface area (Å²) in [6.45, 7) is 14.2. The molecule has 2 aliphatic rings. The minimum atomic E-state index is -2.19. The minimum Gasteiger partial charge on any atom is -0.466 e. The zero-order chi connectivity index (χ0) is 18.5. The van der Waals surface area contributed by atoms with Gasteiger partial charge in [0, 0.05) is 0 Å². The van der Waals surface area contributed by atoms with Crippen LogP contribution in [0.2, 0.25) is 18.1 Å². The molecule has 1 fully saturated rings. The van der Waals surface area contributed by atoms with E-state index >= 15 is 0 Å². The van der Waals surface area contributed by atoms with Crippen LogP contribution in [0.3, 0.4) is 0 Å². The number of esters is 1. The van der Waals surface area contributed by atoms with Crippen LogP contribution in [0.15, 0.2) is 11.6 Å². The molecule has 1 aliphatic carbocycles. The highest BCUT2D eigenvalue weighted by molar-refractivity contribution is 6.74. The standard InChI is InChI=1S/C17H30O6Si/c1-16(2,3)24(7,8)23-14-12(18)10(15(19)20-6)9-11-13(14)22-17(4,5)21-11/h9,11-14,18H,1-8H3/t11-,12-,13-,14-/m1/s1. The third-order valence-electron chi connectivity index (χ3n) is 5.12. The maximum absolute atomic E-state index is 12.0. The molecule has 0 amide bonds. The molecular weight excluding hydrogens is 328 g/mol. The van der Waals surface area contributed by atoms with Gasteiger partial charge < -0.3 is 23.7 Å². The van der Waals surface area contributed by atoms with Gasteiger partial charge in [-0.15, -0.1) is 0 Å². The Balaban J connectivity index is 2.38. The topological polar surface area (TPSA) is 74.2 Å². The largest absolute Gasteiger partial charge is 0.466 e. The predicted molar refractivity (Wildman–Crippen MR) is 92.0 cm³/mol. The quantitative estimate of drug-likeness (QED) is 0.617. The number of aliphatic hydroxyl groups is 1. The lowest BCUT2D eigenvalue weighted by Crippen LogP contribution is -2.56. The summed E-state index contributed by atoms with van der Waals surface area (Å²) in [5, 5.41) is 10.7. The predicted octanol–water partition coefficient (Wildman–Crippen LogP) is 2.37. The third-order valence-corrected chi connectivity index (χ3v) is 9.59. The van der Waals surface area contributed by atoms with Crippen LogP contribution in [0.4, 0.5) is 0 Å². The van der Waals surface area contributed by atoms with Gasteiger partial charge in [0.15, 0.2) is 14.1 Å². The van der Waals surface area contributed by atoms with Crippen LogP contribution in [0.1, 0.15) is 34.6 Å². The second-order valence-electron chi connectivity index (χ2n) is 8.47. The SMILES string of the molecule is COC(=O)C1=C[C@H]2OC(C)(C)O[C@H]2[C@H](O[Si](C)(C)C(C)(C)C)[C@@H]1O. The van der Waals surface area contributed by atoms with Crippen LogP contribution in [0, 0.1) is 0 Å². The number of ether oxygens (including phenoxy) is 3. The molecular formula is C17H30O6Si. The van der Waals surface area contributed by atoms with Crippen molar-refractivity contribution in [1.29, 1.82) is 0 Å². The number of aliphatic hydroxyl groups excluding tert-OH is 1. The van der Waals surface area contributed by atoms with E-state index < -0.39 is 44.5 Å². The van der Waals surface area contributed by atoms with E-state index in [4.69, 9.17) is 18.6 Å². The van der Waals surface area contributed by atoms with Crippen molar-refractivity contribution >= 4 is 14.3 Å². The van der Waals surface area contributed by atoms with E-state index in [0.29, 0.717) is 0 Å². The Morgan fingerprint density at radius 3 is 2.38 bits per heavy atom. The lowest BCUT2D eigenvalue weighted by atomic mass is 9.89. The fraction of sp³-hybridized carbons (Fsp3) is 0.824. The van der Waals surface area contributed by atoms with Crippen LogP contribution in [-0.4, -0.2) is 56.7 Å². The molecule has 1 aliphatic heterocycles. The lowest BCUT2D eigenvalue weighted by Gasteiger charge is -2.43. The Labute approximate surface area is 145 Å². The van der Waals surface area contributed by atoms with E-state index in [9.17, 15) is 9.90 Å². The van der Waals surface area contributed by atoms with Crippen molar-refractivity contribution in [3.63, 3.8) is 0 Å². The number of carbonyl (C=O) groups excluding carboxylic acids is 1.